The fraction of sp³-hybridized carbons (Fsp3) is 0. The van der Waals surface area contributed by atoms with Crippen molar-refractivity contribution in [2.45, 2.75) is 0 Å². The Morgan fingerprint density at radius 1 is 0.882 bits per heavy atom. The summed E-state index contributed by atoms with van der Waals surface area (Å²) in [5.74, 6) is 0.929. The van der Waals surface area contributed by atoms with Crippen LogP contribution in [-0.4, -0.2) is 14.5 Å². The van der Waals surface area contributed by atoms with Crippen LogP contribution in [0.15, 0.2) is 67.3 Å². The minimum Gasteiger partial charge on any atom is -0.298 e. The summed E-state index contributed by atoms with van der Waals surface area (Å²) < 4.78 is 2.03. The van der Waals surface area contributed by atoms with E-state index in [0.717, 1.165) is 17.1 Å². The van der Waals surface area contributed by atoms with Crippen molar-refractivity contribution >= 4 is 0 Å². The Bertz CT molecular complexity index is 546. The highest BCUT2D eigenvalue weighted by Crippen LogP contribution is 2.20. The van der Waals surface area contributed by atoms with E-state index in [2.05, 4.69) is 22.1 Å². The van der Waals surface area contributed by atoms with E-state index in [1.807, 2.05) is 47.3 Å². The van der Waals surface area contributed by atoms with Gasteiger partial charge in [0.2, 0.25) is 0 Å². The summed E-state index contributed by atoms with van der Waals surface area (Å²) in [5.41, 5.74) is 2.12. The first-order valence-corrected chi connectivity index (χ1v) is 5.44. The summed E-state index contributed by atoms with van der Waals surface area (Å²) in [6, 6.07) is 14.1. The third-order valence-corrected chi connectivity index (χ3v) is 2.60. The lowest BCUT2D eigenvalue weighted by atomic mass is 10.2. The fourth-order valence-electron chi connectivity index (χ4n) is 1.81. The number of imidazole rings is 1. The van der Waals surface area contributed by atoms with Crippen molar-refractivity contribution < 1.29 is 0 Å². The van der Waals surface area contributed by atoms with Crippen LogP contribution in [0.1, 0.15) is 0 Å². The van der Waals surface area contributed by atoms with E-state index < -0.39 is 0 Å². The molecule has 82 valence electrons. The van der Waals surface area contributed by atoms with E-state index in [-0.39, 0.29) is 0 Å². The quantitative estimate of drug-likeness (QED) is 0.666. The molecule has 0 fully saturated rings. The van der Waals surface area contributed by atoms with E-state index >= 15 is 0 Å². The van der Waals surface area contributed by atoms with E-state index in [1.165, 1.54) is 0 Å². The van der Waals surface area contributed by atoms with Gasteiger partial charge in [0.15, 0.2) is 0 Å². The number of aromatic nitrogens is 3. The molecule has 0 aliphatic carbocycles. The van der Waals surface area contributed by atoms with Gasteiger partial charge in [-0.05, 0) is 12.1 Å². The summed E-state index contributed by atoms with van der Waals surface area (Å²) in [6.07, 6.45) is 7.34. The monoisotopic (exact) mass is 221 g/mol. The molecule has 0 bridgehead atoms. The van der Waals surface area contributed by atoms with Crippen LogP contribution in [0.5, 0.6) is 0 Å². The van der Waals surface area contributed by atoms with Crippen molar-refractivity contribution in [1.82, 2.24) is 14.5 Å². The van der Waals surface area contributed by atoms with E-state index in [4.69, 9.17) is 0 Å². The maximum atomic E-state index is 4.40. The minimum atomic E-state index is 0.929. The summed E-state index contributed by atoms with van der Waals surface area (Å²) in [4.78, 5) is 8.52. The topological polar surface area (TPSA) is 30.7 Å². The van der Waals surface area contributed by atoms with Gasteiger partial charge in [-0.25, -0.2) is 4.98 Å². The molecule has 1 aromatic carbocycles. The van der Waals surface area contributed by atoms with Gasteiger partial charge >= 0.3 is 0 Å². The zero-order valence-corrected chi connectivity index (χ0v) is 9.19. The van der Waals surface area contributed by atoms with Gasteiger partial charge in [-0.15, -0.1) is 0 Å². The lowest BCUT2D eigenvalue weighted by Gasteiger charge is -2.06. The van der Waals surface area contributed by atoms with Gasteiger partial charge in [-0.1, -0.05) is 30.3 Å². The van der Waals surface area contributed by atoms with Crippen LogP contribution < -0.4 is 0 Å². The van der Waals surface area contributed by atoms with Crippen molar-refractivity contribution in [2.75, 3.05) is 0 Å². The maximum Gasteiger partial charge on any atom is 0.144 e. The van der Waals surface area contributed by atoms with Gasteiger partial charge in [0.1, 0.15) is 5.82 Å². The van der Waals surface area contributed by atoms with Gasteiger partial charge < -0.3 is 0 Å². The Morgan fingerprint density at radius 2 is 1.76 bits per heavy atom. The maximum absolute atomic E-state index is 4.40. The lowest BCUT2D eigenvalue weighted by molar-refractivity contribution is 1.05. The second-order valence-corrected chi connectivity index (χ2v) is 3.70. The van der Waals surface area contributed by atoms with Crippen LogP contribution in [-0.2, 0) is 0 Å². The Hall–Kier alpha value is -2.42. The summed E-state index contributed by atoms with van der Waals surface area (Å²) in [7, 11) is 0. The Kier molecular flexibility index (Phi) is 2.43. The number of hydrogen-bond acceptors (Lipinski definition) is 2. The van der Waals surface area contributed by atoms with Crippen LogP contribution in [0.4, 0.5) is 0 Å². The molecular formula is C14H11N3. The molecule has 0 saturated heterocycles. The highest BCUT2D eigenvalue weighted by molar-refractivity contribution is 5.58. The fourth-order valence-corrected chi connectivity index (χ4v) is 1.81. The molecule has 2 heterocycles. The molecule has 0 aliphatic heterocycles. The van der Waals surface area contributed by atoms with E-state index in [1.54, 1.807) is 12.4 Å². The molecule has 0 saturated carbocycles. The van der Waals surface area contributed by atoms with Crippen molar-refractivity contribution in [2.24, 2.45) is 0 Å². The lowest BCUT2D eigenvalue weighted by Crippen LogP contribution is -1.96. The third kappa shape index (κ3) is 1.83. The van der Waals surface area contributed by atoms with Crippen molar-refractivity contribution in [3.63, 3.8) is 0 Å². The highest BCUT2D eigenvalue weighted by Gasteiger charge is 2.06. The van der Waals surface area contributed by atoms with Crippen molar-refractivity contribution in [1.29, 1.82) is 0 Å². The molecule has 0 amide bonds. The van der Waals surface area contributed by atoms with Gasteiger partial charge in [-0.3, -0.25) is 9.55 Å². The zero-order chi connectivity index (χ0) is 11.5. The molecule has 3 nitrogen and oxygen atoms in total. The second kappa shape index (κ2) is 4.22. The average molecular weight is 221 g/mol. The summed E-state index contributed by atoms with van der Waals surface area (Å²) in [5, 5.41) is 0. The standard InChI is InChI=1S/C14H11N3/c1-2-5-12(6-3-1)14-16-9-10-17(14)13-7-4-8-15-11-13/h1-11H. The largest absolute Gasteiger partial charge is 0.298 e. The van der Waals surface area contributed by atoms with Gasteiger partial charge in [0.05, 0.1) is 11.9 Å². The number of hydrogen-bond donors (Lipinski definition) is 0. The Labute approximate surface area is 99.4 Å². The first-order chi connectivity index (χ1) is 8.45. The molecular weight excluding hydrogens is 210 g/mol. The highest BCUT2D eigenvalue weighted by atomic mass is 15.1. The van der Waals surface area contributed by atoms with Crippen molar-refractivity contribution in [3.8, 4) is 17.1 Å². The molecule has 0 unspecified atom stereocenters. The van der Waals surface area contributed by atoms with Crippen LogP contribution in [0.3, 0.4) is 0 Å². The summed E-state index contributed by atoms with van der Waals surface area (Å²) >= 11 is 0. The number of nitrogens with zero attached hydrogens (tertiary/aromatic N) is 3. The first-order valence-electron chi connectivity index (χ1n) is 5.44. The normalized spacial score (nSPS) is 10.4. The SMILES string of the molecule is c1ccc(-c2nccn2-c2cccnc2)cc1. The van der Waals surface area contributed by atoms with Crippen LogP contribution >= 0.6 is 0 Å². The van der Waals surface area contributed by atoms with Crippen LogP contribution in [0.2, 0.25) is 0 Å². The van der Waals surface area contributed by atoms with Gasteiger partial charge in [-0.2, -0.15) is 0 Å². The molecule has 0 N–H and O–H groups in total. The molecule has 0 aliphatic rings. The van der Waals surface area contributed by atoms with Crippen molar-refractivity contribution in [3.05, 3.63) is 67.3 Å². The molecule has 0 atom stereocenters. The smallest absolute Gasteiger partial charge is 0.144 e. The van der Waals surface area contributed by atoms with E-state index in [9.17, 15) is 0 Å². The molecule has 3 rings (SSSR count). The molecule has 3 heteroatoms. The number of benzene rings is 1. The average Bonchev–Trinajstić information content (AvgIpc) is 2.90. The third-order valence-electron chi connectivity index (χ3n) is 2.60. The number of pyridine rings is 1. The Balaban J connectivity index is 2.13. The Morgan fingerprint density at radius 3 is 2.53 bits per heavy atom. The first kappa shape index (κ1) is 9.78. The van der Waals surface area contributed by atoms with Crippen LogP contribution in [0.25, 0.3) is 17.1 Å². The molecule has 0 radical (unpaired) electrons. The van der Waals surface area contributed by atoms with Gasteiger partial charge in [0.25, 0.3) is 0 Å². The second-order valence-electron chi connectivity index (χ2n) is 3.70. The molecule has 0 spiro atoms. The predicted octanol–water partition coefficient (Wildman–Crippen LogP) is 2.93. The number of rotatable bonds is 2. The zero-order valence-electron chi connectivity index (χ0n) is 9.19. The minimum absolute atomic E-state index is 0.929. The van der Waals surface area contributed by atoms with Gasteiger partial charge in [0, 0.05) is 24.2 Å². The van der Waals surface area contributed by atoms with Crippen LogP contribution in [0, 0.1) is 0 Å². The predicted molar refractivity (Wildman–Crippen MR) is 66.8 cm³/mol. The molecule has 17 heavy (non-hydrogen) atoms. The van der Waals surface area contributed by atoms with E-state index in [0.29, 0.717) is 0 Å². The molecule has 3 aromatic rings. The summed E-state index contributed by atoms with van der Waals surface area (Å²) in [6.45, 7) is 0. The molecule has 2 aromatic heterocycles.